The highest BCUT2D eigenvalue weighted by Crippen LogP contribution is 2.25. The summed E-state index contributed by atoms with van der Waals surface area (Å²) in [6.07, 6.45) is 0.675. The van der Waals surface area contributed by atoms with E-state index in [1.807, 2.05) is 31.2 Å². The van der Waals surface area contributed by atoms with Gasteiger partial charge in [-0.25, -0.2) is 0 Å². The molecule has 94 valence electrons. The molecule has 0 atom stereocenters. The number of aryl methyl sites for hydroxylation is 1. The van der Waals surface area contributed by atoms with Crippen LogP contribution in [0.15, 0.2) is 36.4 Å². The quantitative estimate of drug-likeness (QED) is 0.820. The van der Waals surface area contributed by atoms with Crippen LogP contribution in [-0.4, -0.2) is 17.7 Å². The van der Waals surface area contributed by atoms with Gasteiger partial charge in [-0.05, 0) is 41.8 Å². The average molecular weight is 244 g/mol. The Morgan fingerprint density at radius 3 is 2.56 bits per heavy atom. The summed E-state index contributed by atoms with van der Waals surface area (Å²) in [6.45, 7) is 2.43. The number of benzene rings is 2. The van der Waals surface area contributed by atoms with Crippen molar-refractivity contribution in [1.29, 1.82) is 0 Å². The second kappa shape index (κ2) is 5.54. The van der Waals surface area contributed by atoms with E-state index in [9.17, 15) is 4.79 Å². The summed E-state index contributed by atoms with van der Waals surface area (Å²) in [5.41, 5.74) is 1.07. The summed E-state index contributed by atoms with van der Waals surface area (Å²) >= 11 is 0. The molecule has 0 radical (unpaired) electrons. The van der Waals surface area contributed by atoms with Gasteiger partial charge in [-0.15, -0.1) is 0 Å². The first-order valence-corrected chi connectivity index (χ1v) is 6.01. The smallest absolute Gasteiger partial charge is 0.303 e. The number of carbonyl (C=O) groups is 1. The van der Waals surface area contributed by atoms with Crippen LogP contribution in [0.3, 0.4) is 0 Å². The highest BCUT2D eigenvalue weighted by molar-refractivity contribution is 5.84. The maximum absolute atomic E-state index is 10.4. The van der Waals surface area contributed by atoms with Crippen molar-refractivity contribution in [1.82, 2.24) is 0 Å². The van der Waals surface area contributed by atoms with E-state index in [-0.39, 0.29) is 6.42 Å². The van der Waals surface area contributed by atoms with E-state index in [4.69, 9.17) is 9.84 Å². The second-order valence-corrected chi connectivity index (χ2v) is 4.31. The predicted molar refractivity (Wildman–Crippen MR) is 71.0 cm³/mol. The lowest BCUT2D eigenvalue weighted by atomic mass is 10.1. The maximum Gasteiger partial charge on any atom is 0.303 e. The molecule has 0 amide bonds. The summed E-state index contributed by atoms with van der Waals surface area (Å²) in [7, 11) is 0. The molecule has 2 aromatic rings. The van der Waals surface area contributed by atoms with Crippen molar-refractivity contribution < 1.29 is 14.6 Å². The number of carboxylic acids is 1. The number of ether oxygens (including phenoxy) is 1. The fourth-order valence-corrected chi connectivity index (χ4v) is 1.89. The van der Waals surface area contributed by atoms with Crippen molar-refractivity contribution in [3.8, 4) is 5.75 Å². The van der Waals surface area contributed by atoms with Crippen LogP contribution < -0.4 is 4.74 Å². The van der Waals surface area contributed by atoms with Gasteiger partial charge in [-0.1, -0.05) is 24.3 Å². The van der Waals surface area contributed by atoms with E-state index >= 15 is 0 Å². The molecule has 2 rings (SSSR count). The second-order valence-electron chi connectivity index (χ2n) is 4.31. The van der Waals surface area contributed by atoms with Gasteiger partial charge in [0.2, 0.25) is 0 Å². The lowest BCUT2D eigenvalue weighted by Crippen LogP contribution is -2.02. The Balaban J connectivity index is 2.08. The lowest BCUT2D eigenvalue weighted by Gasteiger charge is -2.10. The zero-order valence-corrected chi connectivity index (χ0v) is 10.3. The molecule has 0 saturated heterocycles. The summed E-state index contributed by atoms with van der Waals surface area (Å²) in [6, 6.07) is 12.2. The van der Waals surface area contributed by atoms with Crippen LogP contribution in [0.5, 0.6) is 5.75 Å². The molecule has 0 aliphatic heterocycles. The molecule has 2 aromatic carbocycles. The molecule has 1 N–H and O–H groups in total. The summed E-state index contributed by atoms with van der Waals surface area (Å²) in [4.78, 5) is 10.4. The monoisotopic (exact) mass is 244 g/mol. The van der Waals surface area contributed by atoms with Gasteiger partial charge in [0.1, 0.15) is 5.75 Å². The van der Waals surface area contributed by atoms with Crippen LogP contribution in [0.4, 0.5) is 0 Å². The first-order chi connectivity index (χ1) is 8.66. The van der Waals surface area contributed by atoms with E-state index in [2.05, 4.69) is 12.1 Å². The van der Waals surface area contributed by atoms with Gasteiger partial charge in [0.15, 0.2) is 0 Å². The minimum atomic E-state index is -0.783. The molecule has 0 saturated carbocycles. The van der Waals surface area contributed by atoms with Crippen molar-refractivity contribution >= 4 is 16.7 Å². The van der Waals surface area contributed by atoms with E-state index in [1.54, 1.807) is 0 Å². The van der Waals surface area contributed by atoms with Crippen molar-refractivity contribution in [3.63, 3.8) is 0 Å². The number of rotatable bonds is 5. The van der Waals surface area contributed by atoms with Crippen LogP contribution in [-0.2, 0) is 4.79 Å². The Bertz CT molecular complexity index is 561. The molecular weight excluding hydrogens is 228 g/mol. The standard InChI is InChI=1S/C15H16O3/c1-11-9-12-5-2-3-6-13(12)10-14(11)18-8-4-7-15(16)17/h2-3,5-6,9-10H,4,7-8H2,1H3,(H,16,17). The van der Waals surface area contributed by atoms with Crippen LogP contribution in [0.25, 0.3) is 10.8 Å². The molecule has 0 unspecified atom stereocenters. The van der Waals surface area contributed by atoms with Crippen LogP contribution >= 0.6 is 0 Å². The van der Waals surface area contributed by atoms with Crippen LogP contribution in [0, 0.1) is 6.92 Å². The third kappa shape index (κ3) is 3.00. The minimum absolute atomic E-state index is 0.145. The first-order valence-electron chi connectivity index (χ1n) is 6.01. The average Bonchev–Trinajstić information content (AvgIpc) is 2.34. The Morgan fingerprint density at radius 2 is 1.89 bits per heavy atom. The summed E-state index contributed by atoms with van der Waals surface area (Å²) in [5.74, 6) is 0.0490. The Kier molecular flexibility index (Phi) is 3.82. The van der Waals surface area contributed by atoms with Crippen molar-refractivity contribution in [2.24, 2.45) is 0 Å². The summed E-state index contributed by atoms with van der Waals surface area (Å²) in [5, 5.41) is 10.9. The zero-order chi connectivity index (χ0) is 13.0. The van der Waals surface area contributed by atoms with E-state index < -0.39 is 5.97 Å². The van der Waals surface area contributed by atoms with Crippen LogP contribution in [0.1, 0.15) is 18.4 Å². The Morgan fingerprint density at radius 1 is 1.22 bits per heavy atom. The van der Waals surface area contributed by atoms with Gasteiger partial charge in [0.05, 0.1) is 6.61 Å². The molecular formula is C15H16O3. The number of fused-ring (bicyclic) bond motifs is 1. The highest BCUT2D eigenvalue weighted by atomic mass is 16.5. The van der Waals surface area contributed by atoms with E-state index in [0.717, 1.165) is 16.7 Å². The molecule has 0 bridgehead atoms. The molecule has 0 fully saturated rings. The number of aliphatic carboxylic acids is 1. The van der Waals surface area contributed by atoms with Crippen LogP contribution in [0.2, 0.25) is 0 Å². The van der Waals surface area contributed by atoms with Gasteiger partial charge in [-0.2, -0.15) is 0 Å². The molecule has 3 heteroatoms. The molecule has 0 aromatic heterocycles. The van der Waals surface area contributed by atoms with Gasteiger partial charge in [0, 0.05) is 6.42 Å². The number of hydrogen-bond acceptors (Lipinski definition) is 2. The molecule has 18 heavy (non-hydrogen) atoms. The predicted octanol–water partition coefficient (Wildman–Crippen LogP) is 3.39. The van der Waals surface area contributed by atoms with Gasteiger partial charge in [-0.3, -0.25) is 4.79 Å². The Hall–Kier alpha value is -2.03. The van der Waals surface area contributed by atoms with Crippen molar-refractivity contribution in [2.75, 3.05) is 6.61 Å². The van der Waals surface area contributed by atoms with Gasteiger partial charge >= 0.3 is 5.97 Å². The first kappa shape index (κ1) is 12.4. The number of hydrogen-bond donors (Lipinski definition) is 1. The maximum atomic E-state index is 10.4. The Labute approximate surface area is 106 Å². The minimum Gasteiger partial charge on any atom is -0.493 e. The normalized spacial score (nSPS) is 10.5. The van der Waals surface area contributed by atoms with Gasteiger partial charge in [0.25, 0.3) is 0 Å². The molecule has 0 spiro atoms. The zero-order valence-electron chi connectivity index (χ0n) is 10.3. The molecule has 0 aliphatic carbocycles. The fraction of sp³-hybridized carbons (Fsp3) is 0.267. The van der Waals surface area contributed by atoms with Crippen molar-refractivity contribution in [3.05, 3.63) is 42.0 Å². The molecule has 3 nitrogen and oxygen atoms in total. The molecule has 0 heterocycles. The third-order valence-electron chi connectivity index (χ3n) is 2.84. The van der Waals surface area contributed by atoms with Gasteiger partial charge < -0.3 is 9.84 Å². The lowest BCUT2D eigenvalue weighted by molar-refractivity contribution is -0.137. The number of carboxylic acid groups (broad SMARTS) is 1. The largest absolute Gasteiger partial charge is 0.493 e. The van der Waals surface area contributed by atoms with Crippen molar-refractivity contribution in [2.45, 2.75) is 19.8 Å². The fourth-order valence-electron chi connectivity index (χ4n) is 1.89. The summed E-state index contributed by atoms with van der Waals surface area (Å²) < 4.78 is 5.63. The SMILES string of the molecule is Cc1cc2ccccc2cc1OCCCC(=O)O. The topological polar surface area (TPSA) is 46.5 Å². The molecule has 0 aliphatic rings. The third-order valence-corrected chi connectivity index (χ3v) is 2.84. The highest BCUT2D eigenvalue weighted by Gasteiger charge is 2.03. The van der Waals surface area contributed by atoms with E-state index in [1.165, 1.54) is 5.39 Å². The van der Waals surface area contributed by atoms with E-state index in [0.29, 0.717) is 13.0 Å².